The largest absolute Gasteiger partial charge is 0.372 e. The molecule has 16 heavy (non-hydrogen) atoms. The predicted octanol–water partition coefficient (Wildman–Crippen LogP) is 3.02. The molecule has 2 aromatic carbocycles. The van der Waals surface area contributed by atoms with Gasteiger partial charge in [-0.3, -0.25) is 0 Å². The average molecular weight is 336 g/mol. The van der Waals surface area contributed by atoms with Gasteiger partial charge in [0.25, 0.3) is 0 Å². The van der Waals surface area contributed by atoms with Crippen LogP contribution in [0.3, 0.4) is 0 Å². The van der Waals surface area contributed by atoms with Crippen molar-refractivity contribution in [2.75, 3.05) is 0 Å². The fourth-order valence-electron chi connectivity index (χ4n) is 1.44. The Morgan fingerprint density at radius 3 is 1.38 bits per heavy atom. The predicted molar refractivity (Wildman–Crippen MR) is 67.1 cm³/mol. The van der Waals surface area contributed by atoms with Crippen LogP contribution in [0.1, 0.15) is 11.1 Å². The van der Waals surface area contributed by atoms with Crippen molar-refractivity contribution in [1.82, 2.24) is 0 Å². The molecule has 2 radical (unpaired) electrons. The van der Waals surface area contributed by atoms with Gasteiger partial charge >= 0.3 is 0 Å². The van der Waals surface area contributed by atoms with Gasteiger partial charge in [-0.25, -0.2) is 0 Å². The van der Waals surface area contributed by atoms with E-state index < -0.39 is 0 Å². The van der Waals surface area contributed by atoms with Crippen LogP contribution in [0, 0.1) is 0 Å². The van der Waals surface area contributed by atoms with Crippen molar-refractivity contribution in [2.45, 2.75) is 13.2 Å². The van der Waals surface area contributed by atoms with Gasteiger partial charge < -0.3 is 4.74 Å². The Kier molecular flexibility index (Phi) is 7.12. The monoisotopic (exact) mass is 336 g/mol. The molecule has 0 N–H and O–H groups in total. The van der Waals surface area contributed by atoms with Crippen LogP contribution >= 0.6 is 0 Å². The van der Waals surface area contributed by atoms with Crippen LogP contribution in [0.4, 0.5) is 0 Å². The summed E-state index contributed by atoms with van der Waals surface area (Å²) < 4.78 is 5.61. The molecule has 78 valence electrons. The van der Waals surface area contributed by atoms with Gasteiger partial charge in [-0.1, -0.05) is 60.7 Å². The molecular weight excluding hydrogens is 321 g/mol. The Balaban J connectivity index is 0.00000128. The van der Waals surface area contributed by atoms with Crippen LogP contribution in [0.2, 0.25) is 0 Å². The van der Waals surface area contributed by atoms with Crippen LogP contribution in [0.5, 0.6) is 0 Å². The number of benzene rings is 2. The van der Waals surface area contributed by atoms with E-state index in [2.05, 4.69) is 24.3 Å². The van der Waals surface area contributed by atoms with E-state index in [4.69, 9.17) is 4.74 Å². The summed E-state index contributed by atoms with van der Waals surface area (Å²) >= 11 is 0. The Labute approximate surface area is 137 Å². The minimum absolute atomic E-state index is 0. The second kappa shape index (κ2) is 8.12. The molecule has 0 heterocycles. The van der Waals surface area contributed by atoms with Crippen molar-refractivity contribution >= 4 is 48.9 Å². The van der Waals surface area contributed by atoms with E-state index in [1.807, 2.05) is 36.4 Å². The van der Waals surface area contributed by atoms with Crippen LogP contribution in [0.15, 0.2) is 60.7 Å². The van der Waals surface area contributed by atoms with E-state index in [9.17, 15) is 0 Å². The van der Waals surface area contributed by atoms with Crippen molar-refractivity contribution in [3.8, 4) is 0 Å². The first-order valence-corrected chi connectivity index (χ1v) is 5.11. The second-order valence-corrected chi connectivity index (χ2v) is 3.46. The van der Waals surface area contributed by atoms with Gasteiger partial charge in [-0.05, 0) is 11.1 Å². The summed E-state index contributed by atoms with van der Waals surface area (Å²) in [5.41, 5.74) is 2.43. The third-order valence-corrected chi connectivity index (χ3v) is 2.22. The maximum atomic E-state index is 5.61. The van der Waals surface area contributed by atoms with Crippen LogP contribution in [0.25, 0.3) is 0 Å². The van der Waals surface area contributed by atoms with Gasteiger partial charge in [0.05, 0.1) is 13.2 Å². The van der Waals surface area contributed by atoms with Gasteiger partial charge in [-0.2, -0.15) is 0 Å². The molecule has 0 saturated heterocycles. The zero-order chi connectivity index (χ0) is 10.3. The molecule has 0 aliphatic rings. The molecule has 2 aromatic rings. The zero-order valence-corrected chi connectivity index (χ0v) is 13.7. The molecule has 0 aromatic heterocycles. The van der Waals surface area contributed by atoms with E-state index in [0.29, 0.717) is 13.2 Å². The van der Waals surface area contributed by atoms with Gasteiger partial charge in [0, 0.05) is 48.9 Å². The summed E-state index contributed by atoms with van der Waals surface area (Å²) in [6, 6.07) is 20.4. The number of hydrogen-bond donors (Lipinski definition) is 0. The van der Waals surface area contributed by atoms with E-state index in [-0.39, 0.29) is 48.9 Å². The Hall–Kier alpha value is -0.0286. The standard InChI is InChI=1S/C14H14O.Ba/c1-3-7-13(8-4-1)11-15-12-14-9-5-2-6-10-14;/h1-10H,11-12H2;. The molecule has 0 unspecified atom stereocenters. The third-order valence-electron chi connectivity index (χ3n) is 2.22. The SMILES string of the molecule is [Ba].c1ccc(COCc2ccccc2)cc1. The van der Waals surface area contributed by atoms with Crippen molar-refractivity contribution in [2.24, 2.45) is 0 Å². The van der Waals surface area contributed by atoms with E-state index in [0.717, 1.165) is 0 Å². The normalized spacial score (nSPS) is 9.50. The van der Waals surface area contributed by atoms with E-state index in [1.165, 1.54) is 11.1 Å². The summed E-state index contributed by atoms with van der Waals surface area (Å²) in [5.74, 6) is 0. The minimum Gasteiger partial charge on any atom is -0.372 e. The molecule has 2 heteroatoms. The van der Waals surface area contributed by atoms with Gasteiger partial charge in [0.2, 0.25) is 0 Å². The maximum Gasteiger partial charge on any atom is 0.0721 e. The second-order valence-electron chi connectivity index (χ2n) is 3.46. The number of hydrogen-bond acceptors (Lipinski definition) is 1. The fraction of sp³-hybridized carbons (Fsp3) is 0.143. The summed E-state index contributed by atoms with van der Waals surface area (Å²) in [6.07, 6.45) is 0. The minimum atomic E-state index is 0. The summed E-state index contributed by atoms with van der Waals surface area (Å²) in [6.45, 7) is 1.35. The molecule has 0 spiro atoms. The molecule has 0 amide bonds. The van der Waals surface area contributed by atoms with Crippen LogP contribution < -0.4 is 0 Å². The van der Waals surface area contributed by atoms with E-state index in [1.54, 1.807) is 0 Å². The molecule has 0 atom stereocenters. The molecule has 1 nitrogen and oxygen atoms in total. The van der Waals surface area contributed by atoms with Gasteiger partial charge in [0.1, 0.15) is 0 Å². The first-order chi connectivity index (χ1) is 7.45. The Bertz CT molecular complexity index is 346. The summed E-state index contributed by atoms with van der Waals surface area (Å²) in [7, 11) is 0. The molecular formula is C14H14BaO. The fourth-order valence-corrected chi connectivity index (χ4v) is 1.44. The number of rotatable bonds is 4. The van der Waals surface area contributed by atoms with Crippen molar-refractivity contribution in [3.63, 3.8) is 0 Å². The zero-order valence-electron chi connectivity index (χ0n) is 9.30. The smallest absolute Gasteiger partial charge is 0.0721 e. The average Bonchev–Trinajstić information content (AvgIpc) is 2.32. The van der Waals surface area contributed by atoms with Crippen molar-refractivity contribution in [1.29, 1.82) is 0 Å². The molecule has 0 bridgehead atoms. The molecule has 0 fully saturated rings. The summed E-state index contributed by atoms with van der Waals surface area (Å²) in [4.78, 5) is 0. The van der Waals surface area contributed by atoms with Crippen molar-refractivity contribution in [3.05, 3.63) is 71.8 Å². The topological polar surface area (TPSA) is 9.23 Å². The van der Waals surface area contributed by atoms with Gasteiger partial charge in [-0.15, -0.1) is 0 Å². The quantitative estimate of drug-likeness (QED) is 0.781. The van der Waals surface area contributed by atoms with Crippen molar-refractivity contribution < 1.29 is 4.74 Å². The Morgan fingerprint density at radius 1 is 0.625 bits per heavy atom. The first kappa shape index (κ1) is 14.0. The molecule has 0 saturated carbocycles. The van der Waals surface area contributed by atoms with Gasteiger partial charge in [0.15, 0.2) is 0 Å². The third kappa shape index (κ3) is 4.87. The Morgan fingerprint density at radius 2 is 1.00 bits per heavy atom. The van der Waals surface area contributed by atoms with E-state index >= 15 is 0 Å². The maximum absolute atomic E-state index is 5.61. The number of ether oxygens (including phenoxy) is 1. The molecule has 0 aliphatic carbocycles. The molecule has 2 rings (SSSR count). The summed E-state index contributed by atoms with van der Waals surface area (Å²) in [5, 5.41) is 0. The first-order valence-electron chi connectivity index (χ1n) is 5.11. The van der Waals surface area contributed by atoms with Crippen LogP contribution in [-0.2, 0) is 18.0 Å². The van der Waals surface area contributed by atoms with Crippen LogP contribution in [-0.4, -0.2) is 48.9 Å². The molecule has 0 aliphatic heterocycles.